The van der Waals surface area contributed by atoms with Crippen LogP contribution in [0.15, 0.2) is 60.7 Å². The number of nitrogens with one attached hydrogen (secondary N) is 2. The van der Waals surface area contributed by atoms with E-state index in [0.29, 0.717) is 0 Å². The summed E-state index contributed by atoms with van der Waals surface area (Å²) in [6.07, 6.45) is 0. The minimum absolute atomic E-state index is 0.0131. The number of halogens is 2. The molecule has 2 amide bonds. The summed E-state index contributed by atoms with van der Waals surface area (Å²) in [5, 5.41) is 25.6. The summed E-state index contributed by atoms with van der Waals surface area (Å²) < 4.78 is 15.9. The maximum absolute atomic E-state index is 12.7. The maximum atomic E-state index is 12.7. The number of aromatic hydroxyl groups is 2. The van der Waals surface area contributed by atoms with Gasteiger partial charge in [0.2, 0.25) is 0 Å². The molecule has 0 atom stereocenters. The summed E-state index contributed by atoms with van der Waals surface area (Å²) in [5.41, 5.74) is 1.81. The number of rotatable bonds is 3. The number of carbonyl (C=O) groups excluding carboxylic acids is 3. The Morgan fingerprint density at radius 1 is 0.721 bits per heavy atom. The predicted molar refractivity (Wildman–Crippen MR) is 162 cm³/mol. The highest BCUT2D eigenvalue weighted by Crippen LogP contribution is 2.52. The monoisotopic (exact) mass is 624 g/mol. The number of methoxy groups -OCH3 is 1. The fourth-order valence-corrected chi connectivity index (χ4v) is 4.68. The molecule has 12 heteroatoms. The number of hydrogen-bond acceptors (Lipinski definition) is 8. The number of urea groups is 1. The van der Waals surface area contributed by atoms with Crippen molar-refractivity contribution in [1.29, 1.82) is 0 Å². The van der Waals surface area contributed by atoms with Gasteiger partial charge in [-0.05, 0) is 50.6 Å². The van der Waals surface area contributed by atoms with Crippen LogP contribution in [0.2, 0.25) is 10.0 Å². The Kier molecular flexibility index (Phi) is 9.33. The van der Waals surface area contributed by atoms with Crippen LogP contribution < -0.4 is 20.1 Å². The molecule has 4 aromatic carbocycles. The second-order valence-electron chi connectivity index (χ2n) is 9.23. The largest absolute Gasteiger partial charge is 0.507 e. The van der Waals surface area contributed by atoms with Crippen molar-refractivity contribution < 1.29 is 38.8 Å². The Hall–Kier alpha value is -4.93. The van der Waals surface area contributed by atoms with Crippen LogP contribution in [0.4, 0.5) is 16.2 Å². The first-order valence-electron chi connectivity index (χ1n) is 12.7. The zero-order valence-corrected chi connectivity index (χ0v) is 24.9. The number of hydrogen-bond donors (Lipinski definition) is 4. The molecule has 0 spiro atoms. The summed E-state index contributed by atoms with van der Waals surface area (Å²) in [5.74, 6) is -2.74. The van der Waals surface area contributed by atoms with Crippen molar-refractivity contribution in [3.63, 3.8) is 0 Å². The van der Waals surface area contributed by atoms with E-state index in [0.717, 1.165) is 11.4 Å². The number of ether oxygens (including phenoxy) is 3. The molecule has 43 heavy (non-hydrogen) atoms. The lowest BCUT2D eigenvalue weighted by atomic mass is 10.0. The first-order valence-corrected chi connectivity index (χ1v) is 13.4. The average Bonchev–Trinajstić information content (AvgIpc) is 3.16. The van der Waals surface area contributed by atoms with Crippen molar-refractivity contribution in [2.45, 2.75) is 20.8 Å². The number of phenols is 2. The van der Waals surface area contributed by atoms with Crippen LogP contribution in [0.25, 0.3) is 0 Å². The molecule has 0 saturated carbocycles. The first-order chi connectivity index (χ1) is 20.5. The van der Waals surface area contributed by atoms with E-state index >= 15 is 0 Å². The summed E-state index contributed by atoms with van der Waals surface area (Å²) in [6, 6.07) is 18.4. The Morgan fingerprint density at radius 2 is 1.23 bits per heavy atom. The third-order valence-electron chi connectivity index (χ3n) is 6.46. The molecule has 0 bridgehead atoms. The van der Waals surface area contributed by atoms with E-state index < -0.39 is 23.4 Å². The summed E-state index contributed by atoms with van der Waals surface area (Å²) >= 11 is 12.2. The first kappa shape index (κ1) is 31.0. The van der Waals surface area contributed by atoms with Crippen LogP contribution in [0, 0.1) is 20.8 Å². The van der Waals surface area contributed by atoms with Gasteiger partial charge in [0, 0.05) is 22.5 Å². The molecule has 1 aliphatic rings. The number of benzene rings is 4. The van der Waals surface area contributed by atoms with E-state index in [1.54, 1.807) is 0 Å². The zero-order valence-electron chi connectivity index (χ0n) is 23.4. The standard InChI is InChI=1S/C18H14Cl2O7.C13H12N2O/c1-5-9-16(11(20)13(22)10(5)19)26-14-6(2)8(17(23)25-4)12(21)7(3)15(14)27-18(9)24;16-13(14-11-7-3-1-4-8-11)15-12-9-5-2-6-10-12/h21-22H,1-4H3;1-10H,(H2,14,15,16). The lowest BCUT2D eigenvalue weighted by molar-refractivity contribution is 0.0595. The number of anilines is 2. The van der Waals surface area contributed by atoms with Crippen molar-refractivity contribution in [2.75, 3.05) is 17.7 Å². The van der Waals surface area contributed by atoms with Gasteiger partial charge < -0.3 is 35.1 Å². The third-order valence-corrected chi connectivity index (χ3v) is 7.27. The number of para-hydroxylation sites is 2. The molecule has 1 heterocycles. The van der Waals surface area contributed by atoms with Crippen LogP contribution in [0.3, 0.4) is 0 Å². The highest BCUT2D eigenvalue weighted by molar-refractivity contribution is 6.39. The minimum Gasteiger partial charge on any atom is -0.507 e. The molecule has 5 rings (SSSR count). The molecular weight excluding hydrogens is 599 g/mol. The second kappa shape index (κ2) is 12.9. The van der Waals surface area contributed by atoms with E-state index in [1.807, 2.05) is 60.7 Å². The van der Waals surface area contributed by atoms with Gasteiger partial charge in [-0.3, -0.25) is 0 Å². The van der Waals surface area contributed by atoms with Crippen molar-refractivity contribution >= 4 is 52.5 Å². The summed E-state index contributed by atoms with van der Waals surface area (Å²) in [7, 11) is 1.17. The molecule has 4 aromatic rings. The van der Waals surface area contributed by atoms with Crippen LogP contribution >= 0.6 is 23.2 Å². The molecule has 0 aliphatic carbocycles. The molecule has 0 aromatic heterocycles. The Balaban J connectivity index is 0.000000225. The van der Waals surface area contributed by atoms with Gasteiger partial charge in [0.25, 0.3) is 0 Å². The van der Waals surface area contributed by atoms with Crippen molar-refractivity contribution in [1.82, 2.24) is 0 Å². The average molecular weight is 625 g/mol. The van der Waals surface area contributed by atoms with Crippen LogP contribution in [0.1, 0.15) is 37.4 Å². The number of phenolic OH excluding ortho intramolecular Hbond substituents is 2. The van der Waals surface area contributed by atoms with Crippen LogP contribution in [0.5, 0.6) is 28.7 Å². The zero-order chi connectivity index (χ0) is 31.4. The highest BCUT2D eigenvalue weighted by Gasteiger charge is 2.35. The van der Waals surface area contributed by atoms with Gasteiger partial charge in [-0.15, -0.1) is 0 Å². The minimum atomic E-state index is -0.835. The molecule has 10 nitrogen and oxygen atoms in total. The van der Waals surface area contributed by atoms with E-state index in [9.17, 15) is 24.6 Å². The van der Waals surface area contributed by atoms with Crippen LogP contribution in [-0.2, 0) is 4.74 Å². The number of esters is 2. The predicted octanol–water partition coefficient (Wildman–Crippen LogP) is 7.77. The van der Waals surface area contributed by atoms with Crippen molar-refractivity contribution in [3.8, 4) is 28.7 Å². The van der Waals surface area contributed by atoms with Gasteiger partial charge >= 0.3 is 18.0 Å². The highest BCUT2D eigenvalue weighted by atomic mass is 35.5. The van der Waals surface area contributed by atoms with Gasteiger partial charge in [-0.25, -0.2) is 14.4 Å². The van der Waals surface area contributed by atoms with E-state index in [1.165, 1.54) is 27.9 Å². The fourth-order valence-electron chi connectivity index (χ4n) is 4.22. The number of fused-ring (bicyclic) bond motifs is 2. The number of carbonyl (C=O) groups is 3. The molecule has 0 fully saturated rings. The lowest BCUT2D eigenvalue weighted by Crippen LogP contribution is -2.19. The second-order valence-corrected chi connectivity index (χ2v) is 9.99. The third kappa shape index (κ3) is 6.30. The van der Waals surface area contributed by atoms with Gasteiger partial charge in [0.05, 0.1) is 12.1 Å². The van der Waals surface area contributed by atoms with Gasteiger partial charge in [0.1, 0.15) is 21.9 Å². The molecule has 0 unspecified atom stereocenters. The number of amides is 2. The molecular formula is C31H26Cl2N2O8. The van der Waals surface area contributed by atoms with Gasteiger partial charge in [-0.1, -0.05) is 59.6 Å². The normalized spacial score (nSPS) is 11.3. The Labute approximate surface area is 256 Å². The summed E-state index contributed by atoms with van der Waals surface area (Å²) in [4.78, 5) is 36.3. The van der Waals surface area contributed by atoms with Gasteiger partial charge in [0.15, 0.2) is 23.0 Å². The van der Waals surface area contributed by atoms with Gasteiger partial charge in [-0.2, -0.15) is 0 Å². The molecule has 0 saturated heterocycles. The Bertz CT molecular complexity index is 1680. The van der Waals surface area contributed by atoms with E-state index in [4.69, 9.17) is 37.4 Å². The summed E-state index contributed by atoms with van der Waals surface area (Å²) in [6.45, 7) is 4.43. The molecule has 222 valence electrons. The fraction of sp³-hybridized carbons (Fsp3) is 0.129. The van der Waals surface area contributed by atoms with Crippen LogP contribution in [-0.4, -0.2) is 35.3 Å². The molecule has 1 aliphatic heterocycles. The van der Waals surface area contributed by atoms with E-state index in [-0.39, 0.29) is 61.1 Å². The smallest absolute Gasteiger partial charge is 0.347 e. The van der Waals surface area contributed by atoms with E-state index in [2.05, 4.69) is 10.6 Å². The van der Waals surface area contributed by atoms with Crippen molar-refractivity contribution in [2.24, 2.45) is 0 Å². The van der Waals surface area contributed by atoms with Crippen molar-refractivity contribution in [3.05, 3.63) is 98.5 Å². The molecule has 4 N–H and O–H groups in total. The SMILES string of the molecule is COC(=O)c1c(C)c2c(c(C)c1O)OC(=O)c1c(C)c(Cl)c(O)c(Cl)c1O2.O=C(Nc1ccccc1)Nc1ccccc1. The Morgan fingerprint density at radius 3 is 1.74 bits per heavy atom. The maximum Gasteiger partial charge on any atom is 0.347 e. The lowest BCUT2D eigenvalue weighted by Gasteiger charge is -2.17. The molecule has 0 radical (unpaired) electrons. The quantitative estimate of drug-likeness (QED) is 0.134. The topological polar surface area (TPSA) is 143 Å².